The lowest BCUT2D eigenvalue weighted by molar-refractivity contribution is 0.391. The van der Waals surface area contributed by atoms with Gasteiger partial charge >= 0.3 is 0 Å². The Bertz CT molecular complexity index is 1160. The van der Waals surface area contributed by atoms with Crippen molar-refractivity contribution in [2.75, 3.05) is 19.4 Å². The summed E-state index contributed by atoms with van der Waals surface area (Å²) < 4.78 is 2.25. The van der Waals surface area contributed by atoms with Gasteiger partial charge in [0.25, 0.3) is 0 Å². The second-order valence-electron chi connectivity index (χ2n) is 7.92. The molecular weight excluding hydrogens is 394 g/mol. The lowest BCUT2D eigenvalue weighted by Gasteiger charge is -2.16. The van der Waals surface area contributed by atoms with Crippen LogP contribution in [0.4, 0.5) is 5.82 Å². The minimum Gasteiger partial charge on any atom is -0.362 e. The van der Waals surface area contributed by atoms with E-state index in [1.54, 1.807) is 11.3 Å². The van der Waals surface area contributed by atoms with Crippen molar-refractivity contribution in [2.24, 2.45) is 0 Å². The van der Waals surface area contributed by atoms with Gasteiger partial charge in [0.05, 0.1) is 18.5 Å². The Kier molecular flexibility index (Phi) is 5.18. The molecule has 30 heavy (non-hydrogen) atoms. The topological polar surface area (TPSA) is 71.8 Å². The van der Waals surface area contributed by atoms with Crippen molar-refractivity contribution in [1.29, 1.82) is 0 Å². The van der Waals surface area contributed by atoms with Crippen molar-refractivity contribution in [1.82, 2.24) is 29.6 Å². The lowest BCUT2D eigenvalue weighted by Crippen LogP contribution is -2.17. The van der Waals surface area contributed by atoms with Crippen LogP contribution in [-0.4, -0.2) is 43.7 Å². The molecule has 154 valence electrons. The molecule has 0 bridgehead atoms. The average molecular weight is 420 g/mol. The van der Waals surface area contributed by atoms with Crippen molar-refractivity contribution in [2.45, 2.75) is 38.9 Å². The Morgan fingerprint density at radius 3 is 2.80 bits per heavy atom. The molecule has 0 radical (unpaired) electrons. The third-order valence-corrected chi connectivity index (χ3v) is 6.24. The number of hydrogen-bond acceptors (Lipinski definition) is 7. The van der Waals surface area contributed by atoms with E-state index in [1.807, 2.05) is 20.2 Å². The Morgan fingerprint density at radius 1 is 1.10 bits per heavy atom. The summed E-state index contributed by atoms with van der Waals surface area (Å²) >= 11 is 1.67. The molecule has 0 aliphatic carbocycles. The highest BCUT2D eigenvalue weighted by Crippen LogP contribution is 2.37. The molecular formula is C22H25N7S. The van der Waals surface area contributed by atoms with Crippen LogP contribution in [0.25, 0.3) is 21.3 Å². The van der Waals surface area contributed by atoms with E-state index in [2.05, 4.69) is 54.6 Å². The van der Waals surface area contributed by atoms with E-state index < -0.39 is 0 Å². The van der Waals surface area contributed by atoms with Crippen LogP contribution < -0.4 is 5.32 Å². The molecule has 8 heteroatoms. The predicted molar refractivity (Wildman–Crippen MR) is 121 cm³/mol. The third kappa shape index (κ3) is 3.68. The van der Waals surface area contributed by atoms with Gasteiger partial charge in [0.15, 0.2) is 5.82 Å². The van der Waals surface area contributed by atoms with E-state index in [-0.39, 0.29) is 0 Å². The van der Waals surface area contributed by atoms with Gasteiger partial charge in [0.2, 0.25) is 0 Å². The van der Waals surface area contributed by atoms with Gasteiger partial charge in [0.1, 0.15) is 22.3 Å². The predicted octanol–water partition coefficient (Wildman–Crippen LogP) is 3.96. The quantitative estimate of drug-likeness (QED) is 0.510. The second kappa shape index (κ2) is 8.12. The largest absolute Gasteiger partial charge is 0.362 e. The molecule has 7 nitrogen and oxygen atoms in total. The van der Waals surface area contributed by atoms with E-state index in [9.17, 15) is 0 Å². The van der Waals surface area contributed by atoms with Crippen LogP contribution in [-0.2, 0) is 26.1 Å². The van der Waals surface area contributed by atoms with Gasteiger partial charge in [-0.3, -0.25) is 0 Å². The summed E-state index contributed by atoms with van der Waals surface area (Å²) in [5.41, 5.74) is 2.34. The monoisotopic (exact) mass is 419 g/mol. The van der Waals surface area contributed by atoms with E-state index >= 15 is 0 Å². The van der Waals surface area contributed by atoms with E-state index in [1.165, 1.54) is 18.4 Å². The van der Waals surface area contributed by atoms with Gasteiger partial charge in [0, 0.05) is 23.9 Å². The summed E-state index contributed by atoms with van der Waals surface area (Å²) in [6, 6.07) is 10.4. The molecule has 0 amide bonds. The van der Waals surface area contributed by atoms with Crippen molar-refractivity contribution in [3.63, 3.8) is 0 Å². The van der Waals surface area contributed by atoms with Crippen LogP contribution in [0.2, 0.25) is 0 Å². The van der Waals surface area contributed by atoms with Crippen molar-refractivity contribution >= 4 is 27.4 Å². The molecule has 0 saturated carbocycles. The number of anilines is 1. The Balaban J connectivity index is 1.54. The van der Waals surface area contributed by atoms with Crippen LogP contribution in [0, 0.1) is 0 Å². The summed E-state index contributed by atoms with van der Waals surface area (Å²) in [6.07, 6.45) is 3.40. The van der Waals surface area contributed by atoms with Crippen LogP contribution in [0.15, 0.2) is 35.7 Å². The average Bonchev–Trinajstić information content (AvgIpc) is 3.36. The van der Waals surface area contributed by atoms with Crippen LogP contribution in [0.1, 0.15) is 30.3 Å². The lowest BCUT2D eigenvalue weighted by atomic mass is 10.1. The van der Waals surface area contributed by atoms with Gasteiger partial charge in [-0.15, -0.1) is 21.5 Å². The minimum absolute atomic E-state index is 0.602. The van der Waals surface area contributed by atoms with Crippen molar-refractivity contribution in [3.8, 4) is 11.1 Å². The maximum absolute atomic E-state index is 4.90. The first-order chi connectivity index (χ1) is 14.7. The zero-order valence-corrected chi connectivity index (χ0v) is 18.1. The number of nitrogens with zero attached hydrogens (tertiary/aromatic N) is 6. The SMILES string of the molecule is CN(C)Cc1nc(NCc2nnc3n2CCCC3)c2c(-c3ccccc3)csc2n1. The number of benzene rings is 1. The number of thiophene rings is 1. The van der Waals surface area contributed by atoms with E-state index in [4.69, 9.17) is 9.97 Å². The number of fused-ring (bicyclic) bond motifs is 2. The Labute approximate surface area is 179 Å². The van der Waals surface area contributed by atoms with Gasteiger partial charge in [-0.05, 0) is 32.5 Å². The van der Waals surface area contributed by atoms with E-state index in [0.717, 1.165) is 52.0 Å². The summed E-state index contributed by atoms with van der Waals surface area (Å²) in [5.74, 6) is 3.76. The van der Waals surface area contributed by atoms with Gasteiger partial charge in [-0.25, -0.2) is 9.97 Å². The molecule has 3 aromatic heterocycles. The molecule has 1 N–H and O–H groups in total. The third-order valence-electron chi connectivity index (χ3n) is 5.37. The van der Waals surface area contributed by atoms with Gasteiger partial charge in [-0.2, -0.15) is 0 Å². The molecule has 1 aromatic carbocycles. The molecule has 5 rings (SSSR count). The first-order valence-electron chi connectivity index (χ1n) is 10.3. The fraction of sp³-hybridized carbons (Fsp3) is 0.364. The number of rotatable bonds is 6. The molecule has 1 aliphatic heterocycles. The Morgan fingerprint density at radius 2 is 1.97 bits per heavy atom. The highest BCUT2D eigenvalue weighted by molar-refractivity contribution is 7.17. The molecule has 1 aliphatic rings. The molecule has 0 spiro atoms. The van der Waals surface area contributed by atoms with Crippen LogP contribution >= 0.6 is 11.3 Å². The van der Waals surface area contributed by atoms with Gasteiger partial charge in [-0.1, -0.05) is 30.3 Å². The summed E-state index contributed by atoms with van der Waals surface area (Å²) in [5, 5.41) is 15.6. The summed E-state index contributed by atoms with van der Waals surface area (Å²) in [6.45, 7) is 2.30. The standard InChI is InChI=1S/C22H25N7S/c1-28(2)13-17-24-21(23-12-19-27-26-18-10-6-7-11-29(18)19)20-16(14-30-22(20)25-17)15-8-4-3-5-9-15/h3-5,8-9,14H,6-7,10-13H2,1-2H3,(H,23,24,25). The van der Waals surface area contributed by atoms with E-state index in [0.29, 0.717) is 13.1 Å². The second-order valence-corrected chi connectivity index (χ2v) is 8.77. The number of aromatic nitrogens is 5. The zero-order chi connectivity index (χ0) is 20.5. The zero-order valence-electron chi connectivity index (χ0n) is 17.3. The van der Waals surface area contributed by atoms with Crippen LogP contribution in [0.3, 0.4) is 0 Å². The maximum Gasteiger partial charge on any atom is 0.152 e. The molecule has 0 saturated heterocycles. The molecule has 4 aromatic rings. The molecule has 0 fully saturated rings. The Hall–Kier alpha value is -2.84. The summed E-state index contributed by atoms with van der Waals surface area (Å²) in [4.78, 5) is 12.8. The fourth-order valence-corrected chi connectivity index (χ4v) is 4.93. The highest BCUT2D eigenvalue weighted by atomic mass is 32.1. The molecule has 0 unspecified atom stereocenters. The van der Waals surface area contributed by atoms with Crippen molar-refractivity contribution < 1.29 is 0 Å². The number of nitrogens with one attached hydrogen (secondary N) is 1. The highest BCUT2D eigenvalue weighted by Gasteiger charge is 2.18. The van der Waals surface area contributed by atoms with Crippen molar-refractivity contribution in [3.05, 3.63) is 53.2 Å². The first-order valence-corrected chi connectivity index (χ1v) is 11.2. The molecule has 4 heterocycles. The smallest absolute Gasteiger partial charge is 0.152 e. The fourth-order valence-electron chi connectivity index (χ4n) is 3.96. The summed E-state index contributed by atoms with van der Waals surface area (Å²) in [7, 11) is 4.07. The molecule has 0 atom stereocenters. The maximum atomic E-state index is 4.90. The normalized spacial score (nSPS) is 13.7. The first kappa shape index (κ1) is 19.1. The number of hydrogen-bond donors (Lipinski definition) is 1. The number of aryl methyl sites for hydroxylation is 1. The van der Waals surface area contributed by atoms with Gasteiger partial charge < -0.3 is 14.8 Å². The minimum atomic E-state index is 0.602. The van der Waals surface area contributed by atoms with Crippen LogP contribution in [0.5, 0.6) is 0 Å².